The van der Waals surface area contributed by atoms with Gasteiger partial charge in [-0.25, -0.2) is 18.3 Å². The SMILES string of the molecule is O=C(c1nnc(C2CC2)o1)N1CCc2[nH]cnc2[C@@H]1c1cc2cccc(C(F)F)n2n1. The molecule has 1 atom stereocenters. The molecule has 1 saturated carbocycles. The normalized spacial score (nSPS) is 18.7. The number of imidazole rings is 1. The van der Waals surface area contributed by atoms with Gasteiger partial charge in [-0.3, -0.25) is 4.79 Å². The Morgan fingerprint density at radius 1 is 1.26 bits per heavy atom. The topological polar surface area (TPSA) is 105 Å². The number of carbonyl (C=O) groups excluding carboxylic acids is 1. The lowest BCUT2D eigenvalue weighted by Gasteiger charge is -2.32. The molecule has 0 spiro atoms. The Hall–Kier alpha value is -3.63. The van der Waals surface area contributed by atoms with Crippen LogP contribution in [0.5, 0.6) is 0 Å². The maximum absolute atomic E-state index is 13.5. The first-order valence-corrected chi connectivity index (χ1v) is 10.0. The Kier molecular flexibility index (Phi) is 3.92. The van der Waals surface area contributed by atoms with Crippen LogP contribution in [0, 0.1) is 0 Å². The minimum absolute atomic E-state index is 0.0806. The number of rotatable bonds is 4. The summed E-state index contributed by atoms with van der Waals surface area (Å²) < 4.78 is 33.8. The van der Waals surface area contributed by atoms with Crippen LogP contribution in [0.1, 0.15) is 70.6 Å². The number of alkyl halides is 2. The number of aromatic nitrogens is 6. The molecule has 1 fully saturated rings. The molecule has 4 aromatic heterocycles. The number of nitrogens with one attached hydrogen (secondary N) is 1. The summed E-state index contributed by atoms with van der Waals surface area (Å²) in [6.07, 6.45) is 1.40. The summed E-state index contributed by atoms with van der Waals surface area (Å²) in [6.45, 7) is 0.370. The second-order valence-electron chi connectivity index (χ2n) is 7.79. The van der Waals surface area contributed by atoms with E-state index in [9.17, 15) is 13.6 Å². The summed E-state index contributed by atoms with van der Waals surface area (Å²) in [5, 5.41) is 12.4. The third kappa shape index (κ3) is 2.91. The van der Waals surface area contributed by atoms with Gasteiger partial charge in [-0.1, -0.05) is 6.07 Å². The molecule has 1 aliphatic heterocycles. The number of hydrogen-bond acceptors (Lipinski definition) is 6. The van der Waals surface area contributed by atoms with Gasteiger partial charge < -0.3 is 14.3 Å². The van der Waals surface area contributed by atoms with Gasteiger partial charge in [0.05, 0.1) is 23.2 Å². The van der Waals surface area contributed by atoms with E-state index in [0.717, 1.165) is 18.5 Å². The van der Waals surface area contributed by atoms with Crippen LogP contribution in [-0.2, 0) is 6.42 Å². The van der Waals surface area contributed by atoms with Crippen molar-refractivity contribution in [1.29, 1.82) is 0 Å². The molecule has 0 bridgehead atoms. The quantitative estimate of drug-likeness (QED) is 0.539. The Morgan fingerprint density at radius 3 is 2.94 bits per heavy atom. The number of amides is 1. The molecule has 31 heavy (non-hydrogen) atoms. The van der Waals surface area contributed by atoms with Crippen LogP contribution in [0.4, 0.5) is 8.78 Å². The zero-order valence-electron chi connectivity index (χ0n) is 16.2. The standard InChI is InChI=1S/C20H17F2N7O2/c21-17(22)14-3-1-2-11-8-13(27-29(11)14)16-15-12(23-9-24-15)6-7-28(16)20(30)19-26-25-18(31-19)10-4-5-10/h1-3,8-10,16-17H,4-7H2,(H,23,24)/t16-/m0/s1. The van der Waals surface area contributed by atoms with Gasteiger partial charge in [-0.05, 0) is 31.0 Å². The smallest absolute Gasteiger partial charge is 0.312 e. The third-order valence-electron chi connectivity index (χ3n) is 5.77. The summed E-state index contributed by atoms with van der Waals surface area (Å²) in [5.41, 5.74) is 2.24. The highest BCUT2D eigenvalue weighted by Gasteiger charge is 2.39. The molecule has 0 unspecified atom stereocenters. The second-order valence-corrected chi connectivity index (χ2v) is 7.79. The number of halogens is 2. The number of pyridine rings is 1. The molecular weight excluding hydrogens is 408 g/mol. The molecule has 4 aromatic rings. The van der Waals surface area contributed by atoms with Crippen LogP contribution >= 0.6 is 0 Å². The fourth-order valence-corrected chi connectivity index (χ4v) is 4.09. The van der Waals surface area contributed by atoms with Crippen molar-refractivity contribution in [3.8, 4) is 0 Å². The highest BCUT2D eigenvalue weighted by atomic mass is 19.3. The number of hydrogen-bond donors (Lipinski definition) is 1. The van der Waals surface area contributed by atoms with E-state index in [1.54, 1.807) is 29.4 Å². The van der Waals surface area contributed by atoms with Gasteiger partial charge >= 0.3 is 11.8 Å². The Balaban J connectivity index is 1.44. The van der Waals surface area contributed by atoms with Gasteiger partial charge in [0.25, 0.3) is 6.43 Å². The largest absolute Gasteiger partial charge is 0.417 e. The Bertz CT molecular complexity index is 1290. The highest BCUT2D eigenvalue weighted by Crippen LogP contribution is 2.40. The average Bonchev–Trinajstić information content (AvgIpc) is 3.19. The zero-order chi connectivity index (χ0) is 21.1. The molecule has 0 aromatic carbocycles. The van der Waals surface area contributed by atoms with Gasteiger partial charge in [-0.2, -0.15) is 5.10 Å². The van der Waals surface area contributed by atoms with E-state index >= 15 is 0 Å². The molecular formula is C20H17F2N7O2. The van der Waals surface area contributed by atoms with E-state index in [-0.39, 0.29) is 17.5 Å². The minimum atomic E-state index is -2.68. The average molecular weight is 425 g/mol. The minimum Gasteiger partial charge on any atom is -0.417 e. The molecule has 1 aliphatic carbocycles. The molecule has 1 N–H and O–H groups in total. The van der Waals surface area contributed by atoms with Gasteiger partial charge in [0.1, 0.15) is 11.7 Å². The van der Waals surface area contributed by atoms with Crippen molar-refractivity contribution in [2.45, 2.75) is 37.6 Å². The lowest BCUT2D eigenvalue weighted by Crippen LogP contribution is -2.41. The molecule has 0 radical (unpaired) electrons. The van der Waals surface area contributed by atoms with Crippen molar-refractivity contribution in [2.75, 3.05) is 6.54 Å². The van der Waals surface area contributed by atoms with Gasteiger partial charge in [0.15, 0.2) is 0 Å². The van der Waals surface area contributed by atoms with E-state index in [1.807, 2.05) is 0 Å². The molecule has 0 saturated heterocycles. The van der Waals surface area contributed by atoms with Crippen molar-refractivity contribution in [3.63, 3.8) is 0 Å². The number of nitrogens with zero attached hydrogens (tertiary/aromatic N) is 6. The van der Waals surface area contributed by atoms with Crippen LogP contribution < -0.4 is 0 Å². The van der Waals surface area contributed by atoms with E-state index in [0.29, 0.717) is 35.8 Å². The fourth-order valence-electron chi connectivity index (χ4n) is 4.09. The first-order chi connectivity index (χ1) is 15.1. The molecule has 2 aliphatic rings. The summed E-state index contributed by atoms with van der Waals surface area (Å²) >= 11 is 0. The van der Waals surface area contributed by atoms with E-state index in [2.05, 4.69) is 25.3 Å². The summed E-state index contributed by atoms with van der Waals surface area (Å²) in [7, 11) is 0. The van der Waals surface area contributed by atoms with Crippen molar-refractivity contribution in [3.05, 3.63) is 65.1 Å². The number of H-pyrrole nitrogens is 1. The monoisotopic (exact) mass is 425 g/mol. The summed E-state index contributed by atoms with van der Waals surface area (Å²) in [6, 6.07) is 5.62. The van der Waals surface area contributed by atoms with E-state index in [4.69, 9.17) is 4.42 Å². The fraction of sp³-hybridized carbons (Fsp3) is 0.350. The number of aromatic amines is 1. The van der Waals surface area contributed by atoms with Crippen molar-refractivity contribution in [1.82, 2.24) is 34.7 Å². The van der Waals surface area contributed by atoms with Gasteiger partial charge in [-0.15, -0.1) is 10.2 Å². The van der Waals surface area contributed by atoms with Crippen molar-refractivity contribution in [2.24, 2.45) is 0 Å². The molecule has 158 valence electrons. The summed E-state index contributed by atoms with van der Waals surface area (Å²) in [4.78, 5) is 22.4. The first kappa shape index (κ1) is 18.2. The van der Waals surface area contributed by atoms with Gasteiger partial charge in [0.2, 0.25) is 5.89 Å². The van der Waals surface area contributed by atoms with Crippen LogP contribution in [0.2, 0.25) is 0 Å². The first-order valence-electron chi connectivity index (χ1n) is 10.0. The highest BCUT2D eigenvalue weighted by molar-refractivity contribution is 5.90. The maximum atomic E-state index is 13.5. The number of carbonyl (C=O) groups is 1. The predicted octanol–water partition coefficient (Wildman–Crippen LogP) is 3.04. The Labute approximate surface area is 174 Å². The molecule has 9 nitrogen and oxygen atoms in total. The van der Waals surface area contributed by atoms with Crippen LogP contribution in [0.15, 0.2) is 35.0 Å². The van der Waals surface area contributed by atoms with Crippen LogP contribution in [0.3, 0.4) is 0 Å². The number of fused-ring (bicyclic) bond motifs is 2. The zero-order valence-corrected chi connectivity index (χ0v) is 16.2. The molecule has 1 amide bonds. The van der Waals surface area contributed by atoms with E-state index in [1.165, 1.54) is 10.6 Å². The third-order valence-corrected chi connectivity index (χ3v) is 5.77. The maximum Gasteiger partial charge on any atom is 0.312 e. The molecule has 5 heterocycles. The summed E-state index contributed by atoms with van der Waals surface area (Å²) in [5.74, 6) is 0.203. The predicted molar refractivity (Wildman–Crippen MR) is 102 cm³/mol. The van der Waals surface area contributed by atoms with E-state index < -0.39 is 18.4 Å². The van der Waals surface area contributed by atoms with Crippen LogP contribution in [-0.4, -0.2) is 47.1 Å². The van der Waals surface area contributed by atoms with Crippen LogP contribution in [0.25, 0.3) is 5.52 Å². The molecule has 6 rings (SSSR count). The van der Waals surface area contributed by atoms with Gasteiger partial charge in [0, 0.05) is 24.6 Å². The lowest BCUT2D eigenvalue weighted by atomic mass is 9.99. The van der Waals surface area contributed by atoms with Crippen molar-refractivity contribution >= 4 is 11.4 Å². The second kappa shape index (κ2) is 6.69. The van der Waals surface area contributed by atoms with Crippen molar-refractivity contribution < 1.29 is 18.0 Å². The Morgan fingerprint density at radius 2 is 2.13 bits per heavy atom. The molecule has 11 heteroatoms. The lowest BCUT2D eigenvalue weighted by molar-refractivity contribution is 0.0643.